The van der Waals surface area contributed by atoms with E-state index in [1.54, 1.807) is 4.90 Å². The predicted molar refractivity (Wildman–Crippen MR) is 67.6 cm³/mol. The fourth-order valence-electron chi connectivity index (χ4n) is 1.92. The van der Waals surface area contributed by atoms with Crippen LogP contribution in [-0.4, -0.2) is 56.9 Å². The Balaban J connectivity index is 2.52. The molecule has 1 amide bonds. The first-order valence-electron chi connectivity index (χ1n) is 6.16. The number of nitrogens with zero attached hydrogens (tertiary/aromatic N) is 1. The smallest absolute Gasteiger partial charge is 0.226 e. The molecule has 0 radical (unpaired) electrons. The van der Waals surface area contributed by atoms with Gasteiger partial charge in [0.25, 0.3) is 0 Å². The van der Waals surface area contributed by atoms with Crippen molar-refractivity contribution in [1.82, 2.24) is 10.2 Å². The molecule has 100 valence electrons. The quantitative estimate of drug-likeness (QED) is 0.767. The van der Waals surface area contributed by atoms with Gasteiger partial charge in [-0.05, 0) is 13.0 Å². The van der Waals surface area contributed by atoms with Crippen molar-refractivity contribution in [3.05, 3.63) is 0 Å². The summed E-state index contributed by atoms with van der Waals surface area (Å²) in [5, 5.41) is 3.13. The van der Waals surface area contributed by atoms with E-state index in [1.165, 1.54) is 0 Å². The maximum absolute atomic E-state index is 12.1. The highest BCUT2D eigenvalue weighted by molar-refractivity contribution is 7.91. The van der Waals surface area contributed by atoms with Crippen LogP contribution in [0.15, 0.2) is 0 Å². The van der Waals surface area contributed by atoms with Gasteiger partial charge in [-0.15, -0.1) is 0 Å². The van der Waals surface area contributed by atoms with Crippen LogP contribution < -0.4 is 5.32 Å². The number of rotatable bonds is 4. The predicted octanol–water partition coefficient (Wildman–Crippen LogP) is -0.121. The number of carbonyl (C=O) groups is 1. The summed E-state index contributed by atoms with van der Waals surface area (Å²) in [4.78, 5) is 13.7. The molecule has 1 N–H and O–H groups in total. The SMILES string of the molecule is CCNCC(C)C(=O)N1CCCS(=O)(=O)CC1. The van der Waals surface area contributed by atoms with Gasteiger partial charge in [0.1, 0.15) is 0 Å². The molecule has 1 aliphatic heterocycles. The van der Waals surface area contributed by atoms with Gasteiger partial charge in [-0.1, -0.05) is 13.8 Å². The summed E-state index contributed by atoms with van der Waals surface area (Å²) >= 11 is 0. The molecule has 0 bridgehead atoms. The van der Waals surface area contributed by atoms with Gasteiger partial charge in [-0.25, -0.2) is 8.42 Å². The molecule has 0 aliphatic carbocycles. The van der Waals surface area contributed by atoms with Crippen LogP contribution in [0.3, 0.4) is 0 Å². The normalized spacial score (nSPS) is 21.9. The van der Waals surface area contributed by atoms with Crippen molar-refractivity contribution in [2.45, 2.75) is 20.3 Å². The Morgan fingerprint density at radius 3 is 2.71 bits per heavy atom. The average molecular weight is 262 g/mol. The molecule has 1 fully saturated rings. The third-order valence-electron chi connectivity index (χ3n) is 2.99. The summed E-state index contributed by atoms with van der Waals surface area (Å²) in [6.45, 7) is 6.27. The van der Waals surface area contributed by atoms with E-state index in [1.807, 2.05) is 13.8 Å². The topological polar surface area (TPSA) is 66.5 Å². The molecule has 1 rings (SSSR count). The van der Waals surface area contributed by atoms with E-state index in [0.717, 1.165) is 6.54 Å². The molecule has 1 saturated heterocycles. The van der Waals surface area contributed by atoms with Crippen LogP contribution in [0, 0.1) is 5.92 Å². The molecule has 0 saturated carbocycles. The van der Waals surface area contributed by atoms with Gasteiger partial charge in [-0.2, -0.15) is 0 Å². The monoisotopic (exact) mass is 262 g/mol. The minimum absolute atomic E-state index is 0.0584. The average Bonchev–Trinajstić information content (AvgIpc) is 2.46. The highest BCUT2D eigenvalue weighted by Gasteiger charge is 2.25. The molecular formula is C11H22N2O3S. The van der Waals surface area contributed by atoms with E-state index >= 15 is 0 Å². The number of carbonyl (C=O) groups excluding carboxylic acids is 1. The molecule has 17 heavy (non-hydrogen) atoms. The Morgan fingerprint density at radius 1 is 1.35 bits per heavy atom. The Morgan fingerprint density at radius 2 is 2.06 bits per heavy atom. The van der Waals surface area contributed by atoms with Gasteiger partial charge < -0.3 is 10.2 Å². The van der Waals surface area contributed by atoms with Gasteiger partial charge >= 0.3 is 0 Å². The van der Waals surface area contributed by atoms with Crippen molar-refractivity contribution >= 4 is 15.7 Å². The Labute approximate surface area is 103 Å². The van der Waals surface area contributed by atoms with Gasteiger partial charge in [0.05, 0.1) is 11.5 Å². The van der Waals surface area contributed by atoms with Crippen molar-refractivity contribution in [2.24, 2.45) is 5.92 Å². The number of nitrogens with one attached hydrogen (secondary N) is 1. The van der Waals surface area contributed by atoms with Crippen LogP contribution in [-0.2, 0) is 14.6 Å². The molecule has 1 atom stereocenters. The maximum atomic E-state index is 12.1. The Hall–Kier alpha value is -0.620. The molecule has 0 aromatic rings. The highest BCUT2D eigenvalue weighted by atomic mass is 32.2. The molecule has 0 spiro atoms. The highest BCUT2D eigenvalue weighted by Crippen LogP contribution is 2.09. The van der Waals surface area contributed by atoms with E-state index in [2.05, 4.69) is 5.32 Å². The lowest BCUT2D eigenvalue weighted by Gasteiger charge is -2.23. The molecule has 1 heterocycles. The standard InChI is InChI=1S/C11H22N2O3S/c1-3-12-9-10(2)11(14)13-5-4-7-17(15,16)8-6-13/h10,12H,3-9H2,1-2H3. The minimum atomic E-state index is -2.94. The number of sulfone groups is 1. The van der Waals surface area contributed by atoms with Gasteiger partial charge in [0, 0.05) is 25.6 Å². The van der Waals surface area contributed by atoms with Crippen molar-refractivity contribution in [2.75, 3.05) is 37.7 Å². The summed E-state index contributed by atoms with van der Waals surface area (Å²) in [6.07, 6.45) is 0.558. The Kier molecular flexibility index (Phi) is 5.39. The lowest BCUT2D eigenvalue weighted by Crippen LogP contribution is -2.40. The van der Waals surface area contributed by atoms with Gasteiger partial charge in [-0.3, -0.25) is 4.79 Å². The second-order valence-electron chi connectivity index (χ2n) is 4.54. The number of amides is 1. The van der Waals surface area contributed by atoms with E-state index in [4.69, 9.17) is 0 Å². The third kappa shape index (κ3) is 4.63. The van der Waals surface area contributed by atoms with E-state index in [0.29, 0.717) is 26.1 Å². The summed E-state index contributed by atoms with van der Waals surface area (Å²) < 4.78 is 22.9. The zero-order chi connectivity index (χ0) is 12.9. The van der Waals surface area contributed by atoms with Gasteiger partial charge in [0.2, 0.25) is 5.91 Å². The molecule has 0 aromatic heterocycles. The maximum Gasteiger partial charge on any atom is 0.226 e. The van der Waals surface area contributed by atoms with Crippen LogP contribution in [0.4, 0.5) is 0 Å². The minimum Gasteiger partial charge on any atom is -0.341 e. The van der Waals surface area contributed by atoms with Crippen LogP contribution in [0.2, 0.25) is 0 Å². The molecule has 1 aliphatic rings. The van der Waals surface area contributed by atoms with Crippen LogP contribution in [0.25, 0.3) is 0 Å². The zero-order valence-corrected chi connectivity index (χ0v) is 11.4. The van der Waals surface area contributed by atoms with Gasteiger partial charge in [0.15, 0.2) is 9.84 Å². The van der Waals surface area contributed by atoms with Crippen molar-refractivity contribution in [3.63, 3.8) is 0 Å². The zero-order valence-electron chi connectivity index (χ0n) is 10.6. The molecule has 5 nitrogen and oxygen atoms in total. The van der Waals surface area contributed by atoms with Crippen LogP contribution >= 0.6 is 0 Å². The van der Waals surface area contributed by atoms with Crippen LogP contribution in [0.1, 0.15) is 20.3 Å². The molecule has 0 aromatic carbocycles. The second kappa shape index (κ2) is 6.35. The van der Waals surface area contributed by atoms with Crippen molar-refractivity contribution < 1.29 is 13.2 Å². The lowest BCUT2D eigenvalue weighted by atomic mass is 10.1. The Bertz CT molecular complexity index is 354. The largest absolute Gasteiger partial charge is 0.341 e. The first kappa shape index (κ1) is 14.4. The van der Waals surface area contributed by atoms with E-state index in [-0.39, 0.29) is 23.3 Å². The summed E-state index contributed by atoms with van der Waals surface area (Å²) in [5.41, 5.74) is 0. The van der Waals surface area contributed by atoms with Crippen LogP contribution in [0.5, 0.6) is 0 Å². The molecular weight excluding hydrogens is 240 g/mol. The van der Waals surface area contributed by atoms with Crippen molar-refractivity contribution in [3.8, 4) is 0 Å². The lowest BCUT2D eigenvalue weighted by molar-refractivity contribution is -0.134. The first-order valence-corrected chi connectivity index (χ1v) is 7.98. The fraction of sp³-hybridized carbons (Fsp3) is 0.909. The first-order chi connectivity index (χ1) is 7.96. The fourth-order valence-corrected chi connectivity index (χ4v) is 3.19. The number of hydrogen-bond acceptors (Lipinski definition) is 4. The molecule has 1 unspecified atom stereocenters. The summed E-state index contributed by atoms with van der Waals surface area (Å²) in [6, 6.07) is 0. The van der Waals surface area contributed by atoms with Crippen molar-refractivity contribution in [1.29, 1.82) is 0 Å². The van der Waals surface area contributed by atoms with E-state index in [9.17, 15) is 13.2 Å². The summed E-state index contributed by atoms with van der Waals surface area (Å²) in [7, 11) is -2.94. The summed E-state index contributed by atoms with van der Waals surface area (Å²) in [5.74, 6) is 0.282. The molecule has 6 heteroatoms. The number of hydrogen-bond donors (Lipinski definition) is 1. The third-order valence-corrected chi connectivity index (χ3v) is 4.70. The second-order valence-corrected chi connectivity index (χ2v) is 6.84. The van der Waals surface area contributed by atoms with E-state index < -0.39 is 9.84 Å².